The van der Waals surface area contributed by atoms with Crippen LogP contribution in [0.2, 0.25) is 0 Å². The second-order valence-electron chi connectivity index (χ2n) is 5.65. The highest BCUT2D eigenvalue weighted by molar-refractivity contribution is 7.10. The van der Waals surface area contributed by atoms with E-state index in [1.807, 2.05) is 6.92 Å². The fourth-order valence-electron chi connectivity index (χ4n) is 2.80. The molecule has 2 N–H and O–H groups in total. The number of anilines is 1. The molecule has 0 aromatic carbocycles. The van der Waals surface area contributed by atoms with Crippen molar-refractivity contribution in [1.29, 1.82) is 0 Å². The Bertz CT molecular complexity index is 475. The van der Waals surface area contributed by atoms with Gasteiger partial charge in [0.15, 0.2) is 0 Å². The normalized spacial score (nSPS) is 22.0. The summed E-state index contributed by atoms with van der Waals surface area (Å²) >= 11 is 1.31. The first-order chi connectivity index (χ1) is 10.1. The zero-order valence-corrected chi connectivity index (χ0v) is 13.9. The molecule has 0 unspecified atom stereocenters. The molecule has 0 spiro atoms. The van der Waals surface area contributed by atoms with Crippen LogP contribution in [-0.4, -0.2) is 36.6 Å². The Morgan fingerprint density at radius 3 is 2.90 bits per heavy atom. The van der Waals surface area contributed by atoms with Crippen molar-refractivity contribution in [2.24, 2.45) is 5.92 Å². The Balaban J connectivity index is 1.75. The molecule has 0 bridgehead atoms. The molecule has 1 saturated carbocycles. The number of nitrogens with zero attached hydrogens (tertiary/aromatic N) is 1. The van der Waals surface area contributed by atoms with E-state index in [1.54, 1.807) is 7.05 Å². The molecular weight excluding hydrogens is 286 g/mol. The Hall–Kier alpha value is -1.14. The second-order valence-corrected chi connectivity index (χ2v) is 6.42. The molecule has 2 atom stereocenters. The first kappa shape index (κ1) is 16.2. The molecule has 118 valence electrons. The third-order valence-corrected chi connectivity index (χ3v) is 5.03. The fourth-order valence-corrected chi connectivity index (χ4v) is 3.54. The van der Waals surface area contributed by atoms with Crippen LogP contribution < -0.4 is 10.6 Å². The molecule has 1 heterocycles. The van der Waals surface area contributed by atoms with Crippen LogP contribution >= 0.6 is 11.5 Å². The third kappa shape index (κ3) is 4.17. The summed E-state index contributed by atoms with van der Waals surface area (Å²) in [5.41, 5.74) is 1.41. The Morgan fingerprint density at radius 2 is 2.19 bits per heavy atom. The first-order valence-electron chi connectivity index (χ1n) is 7.67. The summed E-state index contributed by atoms with van der Waals surface area (Å²) in [4.78, 5) is 12.2. The zero-order chi connectivity index (χ0) is 15.2. The molecule has 21 heavy (non-hydrogen) atoms. The van der Waals surface area contributed by atoms with Gasteiger partial charge in [0, 0.05) is 13.6 Å². The highest BCUT2D eigenvalue weighted by Crippen LogP contribution is 2.26. The fraction of sp³-hybridized carbons (Fsp3) is 0.733. The maximum absolute atomic E-state index is 12.2. The summed E-state index contributed by atoms with van der Waals surface area (Å²) in [6.45, 7) is 5.22. The number of carbonyl (C=O) groups is 1. The summed E-state index contributed by atoms with van der Waals surface area (Å²) in [5.74, 6) is 0.555. The maximum Gasteiger partial charge on any atom is 0.256 e. The van der Waals surface area contributed by atoms with Crippen LogP contribution in [0.5, 0.6) is 0 Å². The molecule has 1 aromatic rings. The van der Waals surface area contributed by atoms with E-state index in [4.69, 9.17) is 4.74 Å². The van der Waals surface area contributed by atoms with Crippen molar-refractivity contribution in [3.8, 4) is 0 Å². The molecule has 1 aliphatic rings. The van der Waals surface area contributed by atoms with E-state index in [0.29, 0.717) is 30.7 Å². The predicted molar refractivity (Wildman–Crippen MR) is 86.1 cm³/mol. The summed E-state index contributed by atoms with van der Waals surface area (Å²) in [7, 11) is 1.80. The predicted octanol–water partition coefficient (Wildman–Crippen LogP) is 2.82. The summed E-state index contributed by atoms with van der Waals surface area (Å²) < 4.78 is 10.1. The van der Waals surface area contributed by atoms with Gasteiger partial charge in [0.1, 0.15) is 5.00 Å². The number of aromatic nitrogens is 1. The molecule has 2 rings (SSSR count). The van der Waals surface area contributed by atoms with Crippen LogP contribution in [0.3, 0.4) is 0 Å². The minimum Gasteiger partial charge on any atom is -0.378 e. The second kappa shape index (κ2) is 7.75. The number of amides is 1. The lowest BCUT2D eigenvalue weighted by molar-refractivity contribution is -0.00293. The largest absolute Gasteiger partial charge is 0.378 e. The molecular formula is C15H25N3O2S. The van der Waals surface area contributed by atoms with Crippen molar-refractivity contribution < 1.29 is 9.53 Å². The van der Waals surface area contributed by atoms with Crippen molar-refractivity contribution in [2.75, 3.05) is 25.5 Å². The lowest BCUT2D eigenvalue weighted by atomic mass is 9.88. The van der Waals surface area contributed by atoms with Gasteiger partial charge in [-0.1, -0.05) is 19.8 Å². The van der Waals surface area contributed by atoms with Gasteiger partial charge >= 0.3 is 0 Å². The van der Waals surface area contributed by atoms with E-state index in [-0.39, 0.29) is 5.91 Å². The van der Waals surface area contributed by atoms with Gasteiger partial charge in [-0.15, -0.1) is 0 Å². The summed E-state index contributed by atoms with van der Waals surface area (Å²) in [6.07, 6.45) is 5.32. The van der Waals surface area contributed by atoms with E-state index in [1.165, 1.54) is 30.8 Å². The van der Waals surface area contributed by atoms with Crippen LogP contribution in [-0.2, 0) is 4.74 Å². The van der Waals surface area contributed by atoms with Gasteiger partial charge in [-0.25, -0.2) is 0 Å². The molecule has 1 fully saturated rings. The number of ether oxygens (including phenoxy) is 1. The van der Waals surface area contributed by atoms with Gasteiger partial charge in [0.2, 0.25) is 0 Å². The average Bonchev–Trinajstić information content (AvgIpc) is 2.86. The van der Waals surface area contributed by atoms with Crippen LogP contribution in [0.4, 0.5) is 5.00 Å². The molecule has 1 aromatic heterocycles. The summed E-state index contributed by atoms with van der Waals surface area (Å²) in [5, 5.41) is 6.74. The van der Waals surface area contributed by atoms with Crippen molar-refractivity contribution in [2.45, 2.75) is 45.6 Å². The summed E-state index contributed by atoms with van der Waals surface area (Å²) in [6, 6.07) is 0. The average molecular weight is 311 g/mol. The Labute approximate surface area is 130 Å². The van der Waals surface area contributed by atoms with Crippen LogP contribution in [0.25, 0.3) is 0 Å². The van der Waals surface area contributed by atoms with E-state index in [2.05, 4.69) is 21.9 Å². The number of hydrogen-bond donors (Lipinski definition) is 2. The molecule has 5 nitrogen and oxygen atoms in total. The van der Waals surface area contributed by atoms with Crippen molar-refractivity contribution in [3.63, 3.8) is 0 Å². The third-order valence-electron chi connectivity index (χ3n) is 4.07. The van der Waals surface area contributed by atoms with Crippen LogP contribution in [0, 0.1) is 12.8 Å². The molecule has 0 aliphatic heterocycles. The number of carbonyl (C=O) groups excluding carboxylic acids is 1. The van der Waals surface area contributed by atoms with Gasteiger partial charge in [-0.3, -0.25) is 4.79 Å². The molecule has 1 amide bonds. The van der Waals surface area contributed by atoms with Crippen molar-refractivity contribution in [1.82, 2.24) is 9.69 Å². The van der Waals surface area contributed by atoms with E-state index in [0.717, 1.165) is 17.1 Å². The first-order valence-corrected chi connectivity index (χ1v) is 8.44. The highest BCUT2D eigenvalue weighted by Gasteiger charge is 2.22. The highest BCUT2D eigenvalue weighted by atomic mass is 32.1. The standard InChI is InChI=1S/C15H25N3O2S/c1-10-6-4-5-7-12(10)20-9-8-17-14(19)13-11(2)18-21-15(13)16-3/h10,12,16H,4-9H2,1-3H3,(H,17,19)/t10-,12+/m1/s1. The Kier molecular flexibility index (Phi) is 5.99. The quantitative estimate of drug-likeness (QED) is 0.793. The molecule has 6 heteroatoms. The van der Waals surface area contributed by atoms with Crippen LogP contribution in [0.1, 0.15) is 48.7 Å². The maximum atomic E-state index is 12.2. The topological polar surface area (TPSA) is 63.2 Å². The lowest BCUT2D eigenvalue weighted by Crippen LogP contribution is -2.32. The van der Waals surface area contributed by atoms with Gasteiger partial charge in [0.25, 0.3) is 5.91 Å². The van der Waals surface area contributed by atoms with E-state index >= 15 is 0 Å². The number of aryl methyl sites for hydroxylation is 1. The minimum atomic E-state index is -0.0779. The number of nitrogens with one attached hydrogen (secondary N) is 2. The SMILES string of the molecule is CNc1snc(C)c1C(=O)NCCO[C@H]1CCCC[C@H]1C. The molecule has 1 aliphatic carbocycles. The zero-order valence-electron chi connectivity index (χ0n) is 13.1. The van der Waals surface area contributed by atoms with Crippen molar-refractivity contribution in [3.05, 3.63) is 11.3 Å². The smallest absolute Gasteiger partial charge is 0.256 e. The Morgan fingerprint density at radius 1 is 1.43 bits per heavy atom. The minimum absolute atomic E-state index is 0.0779. The van der Waals surface area contributed by atoms with Gasteiger partial charge < -0.3 is 15.4 Å². The van der Waals surface area contributed by atoms with Crippen LogP contribution in [0.15, 0.2) is 0 Å². The lowest BCUT2D eigenvalue weighted by Gasteiger charge is -2.28. The monoisotopic (exact) mass is 311 g/mol. The van der Waals surface area contributed by atoms with Gasteiger partial charge in [-0.2, -0.15) is 4.37 Å². The molecule has 0 saturated heterocycles. The van der Waals surface area contributed by atoms with E-state index < -0.39 is 0 Å². The van der Waals surface area contributed by atoms with Crippen molar-refractivity contribution >= 4 is 22.4 Å². The molecule has 0 radical (unpaired) electrons. The van der Waals surface area contributed by atoms with Gasteiger partial charge in [0.05, 0.1) is 24.0 Å². The van der Waals surface area contributed by atoms with Gasteiger partial charge in [-0.05, 0) is 37.2 Å². The number of hydrogen-bond acceptors (Lipinski definition) is 5. The van der Waals surface area contributed by atoms with E-state index in [9.17, 15) is 4.79 Å². The number of rotatable bonds is 6.